The number of para-hydroxylation sites is 1. The van der Waals surface area contributed by atoms with Gasteiger partial charge in [-0.2, -0.15) is 0 Å². The third-order valence-corrected chi connectivity index (χ3v) is 4.19. The standard InChI is InChI=1S/C16H25NO2/c1-17(14-8-4-5-9-15(14)18)12-11-13-7-3-6-10-16(13)19-2/h3,6-7,10,14-15,18H,4-5,8-9,11-12H2,1-2H3. The maximum absolute atomic E-state index is 10.1. The number of aliphatic hydroxyl groups excluding tert-OH is 1. The first-order valence-electron chi connectivity index (χ1n) is 7.22. The quantitative estimate of drug-likeness (QED) is 0.886. The molecule has 2 unspecified atom stereocenters. The monoisotopic (exact) mass is 263 g/mol. The Morgan fingerprint density at radius 1 is 1.26 bits per heavy atom. The molecular formula is C16H25NO2. The predicted molar refractivity (Wildman–Crippen MR) is 77.6 cm³/mol. The molecule has 2 atom stereocenters. The van der Waals surface area contributed by atoms with Crippen LogP contribution in [0.15, 0.2) is 24.3 Å². The van der Waals surface area contributed by atoms with Crippen LogP contribution in [0, 0.1) is 0 Å². The second-order valence-electron chi connectivity index (χ2n) is 5.46. The van der Waals surface area contributed by atoms with E-state index in [0.717, 1.165) is 38.0 Å². The number of rotatable bonds is 5. The Balaban J connectivity index is 1.90. The largest absolute Gasteiger partial charge is 0.496 e. The number of hydrogen-bond donors (Lipinski definition) is 1. The molecule has 1 aromatic carbocycles. The van der Waals surface area contributed by atoms with Gasteiger partial charge in [0.05, 0.1) is 13.2 Å². The van der Waals surface area contributed by atoms with Crippen LogP contribution in [0.4, 0.5) is 0 Å². The number of ether oxygens (including phenoxy) is 1. The molecule has 1 N–H and O–H groups in total. The van der Waals surface area contributed by atoms with E-state index in [1.807, 2.05) is 18.2 Å². The maximum Gasteiger partial charge on any atom is 0.122 e. The lowest BCUT2D eigenvalue weighted by molar-refractivity contribution is 0.0327. The molecule has 106 valence electrons. The highest BCUT2D eigenvalue weighted by Crippen LogP contribution is 2.23. The second-order valence-corrected chi connectivity index (χ2v) is 5.46. The normalized spacial score (nSPS) is 23.6. The van der Waals surface area contributed by atoms with Gasteiger partial charge in [-0.3, -0.25) is 0 Å². The Morgan fingerprint density at radius 2 is 2.00 bits per heavy atom. The van der Waals surface area contributed by atoms with Crippen LogP contribution in [0.5, 0.6) is 5.75 Å². The van der Waals surface area contributed by atoms with E-state index in [1.54, 1.807) is 7.11 Å². The van der Waals surface area contributed by atoms with Crippen molar-refractivity contribution >= 4 is 0 Å². The molecule has 3 heteroatoms. The highest BCUT2D eigenvalue weighted by atomic mass is 16.5. The maximum atomic E-state index is 10.1. The molecule has 1 aromatic rings. The summed E-state index contributed by atoms with van der Waals surface area (Å²) in [6.07, 6.45) is 5.27. The van der Waals surface area contributed by atoms with Gasteiger partial charge in [-0.15, -0.1) is 0 Å². The van der Waals surface area contributed by atoms with E-state index in [0.29, 0.717) is 6.04 Å². The highest BCUT2D eigenvalue weighted by molar-refractivity contribution is 5.33. The average Bonchev–Trinajstić information content (AvgIpc) is 2.45. The molecular weight excluding hydrogens is 238 g/mol. The minimum atomic E-state index is -0.156. The summed E-state index contributed by atoms with van der Waals surface area (Å²) in [5.41, 5.74) is 1.24. The lowest BCUT2D eigenvalue weighted by Gasteiger charge is -2.35. The molecule has 0 radical (unpaired) electrons. The Labute approximate surface area is 116 Å². The number of aliphatic hydroxyl groups is 1. The van der Waals surface area contributed by atoms with Gasteiger partial charge in [0, 0.05) is 12.6 Å². The Morgan fingerprint density at radius 3 is 2.74 bits per heavy atom. The van der Waals surface area contributed by atoms with Crippen LogP contribution >= 0.6 is 0 Å². The van der Waals surface area contributed by atoms with Gasteiger partial charge in [-0.05, 0) is 37.9 Å². The van der Waals surface area contributed by atoms with Crippen molar-refractivity contribution in [3.05, 3.63) is 29.8 Å². The number of likely N-dealkylation sites (N-methyl/N-ethyl adjacent to an activating group) is 1. The van der Waals surface area contributed by atoms with Gasteiger partial charge in [0.1, 0.15) is 5.75 Å². The number of benzene rings is 1. The Bertz CT molecular complexity index is 394. The van der Waals surface area contributed by atoms with Crippen molar-refractivity contribution in [2.75, 3.05) is 20.7 Å². The van der Waals surface area contributed by atoms with Crippen molar-refractivity contribution in [1.82, 2.24) is 4.90 Å². The second kappa shape index (κ2) is 6.92. The molecule has 0 aliphatic heterocycles. The van der Waals surface area contributed by atoms with Crippen LogP contribution in [0.3, 0.4) is 0 Å². The fraction of sp³-hybridized carbons (Fsp3) is 0.625. The smallest absolute Gasteiger partial charge is 0.122 e. The SMILES string of the molecule is COc1ccccc1CCN(C)C1CCCCC1O. The van der Waals surface area contributed by atoms with Crippen LogP contribution in [0.2, 0.25) is 0 Å². The summed E-state index contributed by atoms with van der Waals surface area (Å²) in [6.45, 7) is 0.960. The van der Waals surface area contributed by atoms with Gasteiger partial charge in [0.15, 0.2) is 0 Å². The van der Waals surface area contributed by atoms with Gasteiger partial charge in [0.25, 0.3) is 0 Å². The topological polar surface area (TPSA) is 32.7 Å². The van der Waals surface area contributed by atoms with Gasteiger partial charge in [-0.25, -0.2) is 0 Å². The number of hydrogen-bond acceptors (Lipinski definition) is 3. The summed E-state index contributed by atoms with van der Waals surface area (Å²) >= 11 is 0. The van der Waals surface area contributed by atoms with Crippen molar-refractivity contribution in [3.63, 3.8) is 0 Å². The zero-order valence-corrected chi connectivity index (χ0v) is 12.0. The molecule has 1 saturated carbocycles. The van der Waals surface area contributed by atoms with Crippen molar-refractivity contribution in [3.8, 4) is 5.75 Å². The van der Waals surface area contributed by atoms with E-state index < -0.39 is 0 Å². The number of methoxy groups -OCH3 is 1. The van der Waals surface area contributed by atoms with Crippen molar-refractivity contribution < 1.29 is 9.84 Å². The van der Waals surface area contributed by atoms with E-state index in [-0.39, 0.29) is 6.10 Å². The molecule has 0 amide bonds. The summed E-state index contributed by atoms with van der Waals surface area (Å²) in [5.74, 6) is 0.958. The first kappa shape index (κ1) is 14.4. The van der Waals surface area contributed by atoms with Crippen LogP contribution in [0.25, 0.3) is 0 Å². The molecule has 0 aromatic heterocycles. The highest BCUT2D eigenvalue weighted by Gasteiger charge is 2.26. The zero-order chi connectivity index (χ0) is 13.7. The van der Waals surface area contributed by atoms with E-state index >= 15 is 0 Å². The van der Waals surface area contributed by atoms with E-state index in [4.69, 9.17) is 4.74 Å². The van der Waals surface area contributed by atoms with Gasteiger partial charge >= 0.3 is 0 Å². The van der Waals surface area contributed by atoms with Crippen LogP contribution in [-0.4, -0.2) is 42.9 Å². The minimum Gasteiger partial charge on any atom is -0.496 e. The summed E-state index contributed by atoms with van der Waals surface area (Å²) in [4.78, 5) is 2.30. The molecule has 0 bridgehead atoms. The summed E-state index contributed by atoms with van der Waals surface area (Å²) in [6, 6.07) is 8.49. The van der Waals surface area contributed by atoms with Gasteiger partial charge in [0.2, 0.25) is 0 Å². The molecule has 1 fully saturated rings. The average molecular weight is 263 g/mol. The molecule has 0 heterocycles. The molecule has 1 aliphatic carbocycles. The van der Waals surface area contributed by atoms with Crippen molar-refractivity contribution in [2.45, 2.75) is 44.2 Å². The summed E-state index contributed by atoms with van der Waals surface area (Å²) in [5, 5.41) is 10.1. The third-order valence-electron chi connectivity index (χ3n) is 4.19. The Hall–Kier alpha value is -1.06. The zero-order valence-electron chi connectivity index (χ0n) is 12.0. The first-order chi connectivity index (χ1) is 9.22. The minimum absolute atomic E-state index is 0.156. The summed E-state index contributed by atoms with van der Waals surface area (Å²) < 4.78 is 5.38. The predicted octanol–water partition coefficient (Wildman–Crippen LogP) is 2.47. The molecule has 3 nitrogen and oxygen atoms in total. The van der Waals surface area contributed by atoms with E-state index in [1.165, 1.54) is 12.0 Å². The fourth-order valence-electron chi connectivity index (χ4n) is 2.98. The van der Waals surface area contributed by atoms with E-state index in [2.05, 4.69) is 18.0 Å². The molecule has 2 rings (SSSR count). The fourth-order valence-corrected chi connectivity index (χ4v) is 2.98. The molecule has 1 aliphatic rings. The van der Waals surface area contributed by atoms with Crippen LogP contribution in [-0.2, 0) is 6.42 Å². The third kappa shape index (κ3) is 3.71. The van der Waals surface area contributed by atoms with Crippen molar-refractivity contribution in [2.24, 2.45) is 0 Å². The summed E-state index contributed by atoms with van der Waals surface area (Å²) in [7, 11) is 3.84. The van der Waals surface area contributed by atoms with Gasteiger partial charge in [-0.1, -0.05) is 31.0 Å². The number of nitrogens with zero attached hydrogens (tertiary/aromatic N) is 1. The van der Waals surface area contributed by atoms with Gasteiger partial charge < -0.3 is 14.7 Å². The van der Waals surface area contributed by atoms with Crippen LogP contribution < -0.4 is 4.74 Å². The van der Waals surface area contributed by atoms with Crippen LogP contribution in [0.1, 0.15) is 31.2 Å². The molecule has 0 saturated heterocycles. The Kier molecular flexibility index (Phi) is 5.23. The van der Waals surface area contributed by atoms with E-state index in [9.17, 15) is 5.11 Å². The molecule has 0 spiro atoms. The lowest BCUT2D eigenvalue weighted by atomic mass is 9.91. The molecule has 19 heavy (non-hydrogen) atoms. The van der Waals surface area contributed by atoms with Crippen molar-refractivity contribution in [1.29, 1.82) is 0 Å². The first-order valence-corrected chi connectivity index (χ1v) is 7.22. The lowest BCUT2D eigenvalue weighted by Crippen LogP contribution is -2.44.